The van der Waals surface area contributed by atoms with Crippen molar-refractivity contribution in [1.29, 1.82) is 0 Å². The molecule has 0 radical (unpaired) electrons. The molecule has 0 bridgehead atoms. The Morgan fingerprint density at radius 2 is 0.842 bits per heavy atom. The van der Waals surface area contributed by atoms with Crippen molar-refractivity contribution in [3.8, 4) is 51.0 Å². The van der Waals surface area contributed by atoms with Crippen LogP contribution in [0.2, 0.25) is 0 Å². The van der Waals surface area contributed by atoms with Gasteiger partial charge < -0.3 is 13.4 Å². The molecule has 0 fully saturated rings. The molecule has 0 atom stereocenters. The van der Waals surface area contributed by atoms with E-state index in [9.17, 15) is 0 Å². The number of hydrogen-bond donors (Lipinski definition) is 0. The van der Waals surface area contributed by atoms with Gasteiger partial charge in [0.2, 0.25) is 0 Å². The van der Waals surface area contributed by atoms with Crippen LogP contribution in [0.3, 0.4) is 0 Å². The van der Waals surface area contributed by atoms with Gasteiger partial charge in [0, 0.05) is 60.8 Å². The highest BCUT2D eigenvalue weighted by Gasteiger charge is 2.19. The second-order valence-electron chi connectivity index (χ2n) is 14.4. The van der Waals surface area contributed by atoms with Crippen molar-refractivity contribution < 1.29 is 8.83 Å². The average molecular weight is 731 g/mol. The number of aromatic nitrogens is 4. The van der Waals surface area contributed by atoms with E-state index in [1.54, 1.807) is 0 Å². The zero-order chi connectivity index (χ0) is 37.5. The Kier molecular flexibility index (Phi) is 6.83. The maximum atomic E-state index is 6.63. The third-order valence-corrected chi connectivity index (χ3v) is 11.1. The Morgan fingerprint density at radius 3 is 1.51 bits per heavy atom. The molecule has 8 aromatic carbocycles. The fraction of sp³-hybridized carbons (Fsp3) is 0. The molecule has 6 heteroatoms. The topological polar surface area (TPSA) is 69.9 Å². The first kappa shape index (κ1) is 31.5. The molecule has 12 aromatic rings. The first-order valence-corrected chi connectivity index (χ1v) is 19.0. The van der Waals surface area contributed by atoms with E-state index in [1.807, 2.05) is 60.7 Å². The molecule has 6 nitrogen and oxygen atoms in total. The second kappa shape index (κ2) is 12.3. The van der Waals surface area contributed by atoms with Crippen LogP contribution in [0.4, 0.5) is 0 Å². The van der Waals surface area contributed by atoms with Crippen molar-refractivity contribution >= 4 is 65.7 Å². The molecule has 0 amide bonds. The van der Waals surface area contributed by atoms with Crippen LogP contribution in [0.5, 0.6) is 0 Å². The van der Waals surface area contributed by atoms with Gasteiger partial charge in [0.15, 0.2) is 17.5 Å². The summed E-state index contributed by atoms with van der Waals surface area (Å²) in [6.07, 6.45) is 0. The zero-order valence-electron chi connectivity index (χ0n) is 30.4. The van der Waals surface area contributed by atoms with Crippen LogP contribution in [-0.2, 0) is 0 Å². The normalized spacial score (nSPS) is 11.9. The van der Waals surface area contributed by atoms with E-state index in [2.05, 4.69) is 126 Å². The Morgan fingerprint density at radius 1 is 0.333 bits per heavy atom. The molecule has 0 aliphatic heterocycles. The van der Waals surface area contributed by atoms with Crippen LogP contribution < -0.4 is 0 Å². The third kappa shape index (κ3) is 5.01. The van der Waals surface area contributed by atoms with Gasteiger partial charge in [-0.3, -0.25) is 0 Å². The monoisotopic (exact) mass is 730 g/mol. The van der Waals surface area contributed by atoms with Crippen LogP contribution in [-0.4, -0.2) is 19.5 Å². The molecule has 0 N–H and O–H groups in total. The molecular weight excluding hydrogens is 701 g/mol. The maximum Gasteiger partial charge on any atom is 0.164 e. The fourth-order valence-electron chi connectivity index (χ4n) is 8.42. The number of rotatable bonds is 5. The van der Waals surface area contributed by atoms with Gasteiger partial charge in [0.05, 0.1) is 11.0 Å². The zero-order valence-corrected chi connectivity index (χ0v) is 30.4. The van der Waals surface area contributed by atoms with E-state index < -0.39 is 0 Å². The third-order valence-electron chi connectivity index (χ3n) is 11.1. The van der Waals surface area contributed by atoms with Gasteiger partial charge >= 0.3 is 0 Å². The summed E-state index contributed by atoms with van der Waals surface area (Å²) >= 11 is 0. The number of nitrogens with zero attached hydrogens (tertiary/aromatic N) is 4. The summed E-state index contributed by atoms with van der Waals surface area (Å²) in [5.74, 6) is 1.71. The summed E-state index contributed by atoms with van der Waals surface area (Å²) in [4.78, 5) is 15.1. The summed E-state index contributed by atoms with van der Waals surface area (Å²) in [5.41, 5.74) is 11.4. The van der Waals surface area contributed by atoms with Crippen molar-refractivity contribution in [3.63, 3.8) is 0 Å². The largest absolute Gasteiger partial charge is 0.456 e. The van der Waals surface area contributed by atoms with Crippen LogP contribution in [0, 0.1) is 0 Å². The van der Waals surface area contributed by atoms with Crippen LogP contribution >= 0.6 is 0 Å². The SMILES string of the molecule is c1ccc(-c2nc(-c3ccc4c(c3)oc3cc(-n5c6ccccc6c6ccccc65)ccc34)nc(-c3ccc4c(c3)oc3cccc(-c5ccccc5)c34)n2)cc1. The van der Waals surface area contributed by atoms with Crippen molar-refractivity contribution in [2.45, 2.75) is 0 Å². The Bertz CT molecular complexity index is 3470. The molecule has 0 aliphatic carbocycles. The number of furan rings is 2. The molecule has 266 valence electrons. The van der Waals surface area contributed by atoms with Crippen molar-refractivity contribution in [2.75, 3.05) is 0 Å². The lowest BCUT2D eigenvalue weighted by Crippen LogP contribution is -2.00. The van der Waals surface area contributed by atoms with Crippen molar-refractivity contribution in [3.05, 3.63) is 182 Å². The van der Waals surface area contributed by atoms with Crippen molar-refractivity contribution in [1.82, 2.24) is 19.5 Å². The quantitative estimate of drug-likeness (QED) is 0.176. The van der Waals surface area contributed by atoms with E-state index in [0.717, 1.165) is 88.4 Å². The van der Waals surface area contributed by atoms with Crippen LogP contribution in [0.15, 0.2) is 191 Å². The summed E-state index contributed by atoms with van der Waals surface area (Å²) < 4.78 is 15.4. The first-order valence-electron chi connectivity index (χ1n) is 19.0. The summed E-state index contributed by atoms with van der Waals surface area (Å²) in [5, 5.41) is 6.67. The summed E-state index contributed by atoms with van der Waals surface area (Å²) in [6.45, 7) is 0. The molecule has 4 heterocycles. The minimum absolute atomic E-state index is 0.559. The lowest BCUT2D eigenvalue weighted by molar-refractivity contribution is 0.668. The molecule has 4 aromatic heterocycles. The maximum absolute atomic E-state index is 6.63. The number of hydrogen-bond acceptors (Lipinski definition) is 5. The van der Waals surface area contributed by atoms with Gasteiger partial charge in [0.1, 0.15) is 22.3 Å². The molecule has 0 saturated carbocycles. The Labute approximate surface area is 325 Å². The van der Waals surface area contributed by atoms with Gasteiger partial charge in [0.25, 0.3) is 0 Å². The highest BCUT2D eigenvalue weighted by Crippen LogP contribution is 2.39. The van der Waals surface area contributed by atoms with E-state index in [-0.39, 0.29) is 0 Å². The Balaban J connectivity index is 0.985. The minimum atomic E-state index is 0.559. The summed E-state index contributed by atoms with van der Waals surface area (Å²) in [7, 11) is 0. The molecule has 57 heavy (non-hydrogen) atoms. The van der Waals surface area contributed by atoms with Gasteiger partial charge in [-0.1, -0.05) is 121 Å². The van der Waals surface area contributed by atoms with Crippen LogP contribution in [0.25, 0.3) is 117 Å². The number of fused-ring (bicyclic) bond motifs is 9. The van der Waals surface area contributed by atoms with Gasteiger partial charge in [-0.25, -0.2) is 15.0 Å². The molecule has 0 unspecified atom stereocenters. The molecular formula is C51H30N4O2. The Hall–Kier alpha value is -7.83. The van der Waals surface area contributed by atoms with Crippen LogP contribution in [0.1, 0.15) is 0 Å². The number of para-hydroxylation sites is 2. The van der Waals surface area contributed by atoms with Gasteiger partial charge in [-0.05, 0) is 65.7 Å². The minimum Gasteiger partial charge on any atom is -0.456 e. The second-order valence-corrected chi connectivity index (χ2v) is 14.4. The highest BCUT2D eigenvalue weighted by molar-refractivity contribution is 6.13. The smallest absolute Gasteiger partial charge is 0.164 e. The first-order chi connectivity index (χ1) is 28.2. The lowest BCUT2D eigenvalue weighted by atomic mass is 9.99. The van der Waals surface area contributed by atoms with E-state index >= 15 is 0 Å². The van der Waals surface area contributed by atoms with E-state index in [4.69, 9.17) is 23.8 Å². The van der Waals surface area contributed by atoms with E-state index in [1.165, 1.54) is 10.8 Å². The van der Waals surface area contributed by atoms with E-state index in [0.29, 0.717) is 17.5 Å². The standard InChI is InChI=1S/C51H30N4O2/c1-3-12-31(13-4-1)36-18-11-21-44-48(36)41-26-23-34(29-46(41)56-44)51-53-49(32-14-5-2-6-15-32)52-50(54-51)33-22-25-39-40-27-24-35(30-47(40)57-45(39)28-33)55-42-19-9-7-16-37(42)38-17-8-10-20-43(38)55/h1-30H. The molecule has 12 rings (SSSR count). The van der Waals surface area contributed by atoms with Crippen molar-refractivity contribution in [2.24, 2.45) is 0 Å². The lowest BCUT2D eigenvalue weighted by Gasteiger charge is -2.08. The fourth-order valence-corrected chi connectivity index (χ4v) is 8.42. The number of benzene rings is 8. The molecule has 0 aliphatic rings. The molecule has 0 spiro atoms. The van der Waals surface area contributed by atoms with Gasteiger partial charge in [-0.15, -0.1) is 0 Å². The predicted molar refractivity (Wildman–Crippen MR) is 230 cm³/mol. The molecule has 0 saturated heterocycles. The predicted octanol–water partition coefficient (Wildman–Crippen LogP) is 13.4. The van der Waals surface area contributed by atoms with Gasteiger partial charge in [-0.2, -0.15) is 0 Å². The summed E-state index contributed by atoms with van der Waals surface area (Å²) in [6, 6.07) is 62.7. The average Bonchev–Trinajstić information content (AvgIpc) is 3.95. The highest BCUT2D eigenvalue weighted by atomic mass is 16.3.